The van der Waals surface area contributed by atoms with Crippen LogP contribution in [-0.4, -0.2) is 85.0 Å². The number of fused-ring (bicyclic) bond motifs is 1. The number of rotatable bonds is 11. The second-order valence-corrected chi connectivity index (χ2v) is 11.1. The van der Waals surface area contributed by atoms with Crippen LogP contribution in [0.2, 0.25) is 10.0 Å². The third-order valence-corrected chi connectivity index (χ3v) is 7.95. The fraction of sp³-hybridized carbons (Fsp3) is 0.414. The van der Waals surface area contributed by atoms with E-state index in [0.29, 0.717) is 41.6 Å². The number of carbonyl (C=O) groups is 1. The fourth-order valence-corrected chi connectivity index (χ4v) is 5.26. The number of amides is 1. The van der Waals surface area contributed by atoms with Crippen molar-refractivity contribution in [1.82, 2.24) is 24.8 Å². The quantitative estimate of drug-likeness (QED) is 0.239. The Balaban J connectivity index is 1.60. The topological polar surface area (TPSA) is 144 Å². The van der Waals surface area contributed by atoms with Gasteiger partial charge in [-0.2, -0.15) is 10.2 Å². The molecular weight excluding hydrogens is 597 g/mol. The molecule has 14 heteroatoms. The van der Waals surface area contributed by atoms with Gasteiger partial charge >= 0.3 is 0 Å². The highest BCUT2D eigenvalue weighted by atomic mass is 35.5. The van der Waals surface area contributed by atoms with Crippen LogP contribution in [0.15, 0.2) is 34.8 Å². The molecule has 0 spiro atoms. The lowest BCUT2D eigenvalue weighted by molar-refractivity contribution is -0.140. The number of methoxy groups -OCH3 is 2. The van der Waals surface area contributed by atoms with E-state index >= 15 is 0 Å². The summed E-state index contributed by atoms with van der Waals surface area (Å²) in [6, 6.07) is 5.17. The number of likely N-dealkylation sites (N-methyl/N-ethyl adjacent to an activating group) is 1. The van der Waals surface area contributed by atoms with Crippen LogP contribution in [-0.2, 0) is 16.1 Å². The van der Waals surface area contributed by atoms with E-state index in [-0.39, 0.29) is 51.9 Å². The minimum atomic E-state index is -0.507. The van der Waals surface area contributed by atoms with Crippen molar-refractivity contribution in [3.63, 3.8) is 0 Å². The van der Waals surface area contributed by atoms with Crippen molar-refractivity contribution in [1.29, 1.82) is 5.26 Å². The molecule has 1 fully saturated rings. The number of nitrogens with one attached hydrogen (secondary N) is 2. The summed E-state index contributed by atoms with van der Waals surface area (Å²) in [6.07, 6.45) is 2.96. The number of ether oxygens (including phenoxy) is 3. The molecule has 3 heterocycles. The molecule has 0 saturated carbocycles. The van der Waals surface area contributed by atoms with Gasteiger partial charge in [0.05, 0.1) is 49.1 Å². The average molecular weight is 631 g/mol. The van der Waals surface area contributed by atoms with E-state index in [2.05, 4.69) is 20.6 Å². The number of nitrogens with zero attached hydrogens (tertiary/aromatic N) is 5. The van der Waals surface area contributed by atoms with Gasteiger partial charge in [-0.1, -0.05) is 23.2 Å². The first kappa shape index (κ1) is 32.0. The van der Waals surface area contributed by atoms with Crippen LogP contribution in [0, 0.1) is 11.3 Å². The molecule has 2 N–H and O–H groups in total. The number of anilines is 1. The summed E-state index contributed by atoms with van der Waals surface area (Å²) < 4.78 is 18.3. The second kappa shape index (κ2) is 13.2. The van der Waals surface area contributed by atoms with Crippen molar-refractivity contribution < 1.29 is 19.0 Å². The van der Waals surface area contributed by atoms with Crippen molar-refractivity contribution in [3.8, 4) is 28.7 Å². The summed E-state index contributed by atoms with van der Waals surface area (Å²) in [5.41, 5.74) is 0.0142. The SMILES string of the molecule is CNc1ncc2cc(-c3c(Cl)c(OC)cc(OC)c3Cl)c(=O)n(CCOC3CN(C(=O)/C(C#N)=C\C(C)(C)NC)C3)c2n1. The molecule has 1 amide bonds. The van der Waals surface area contributed by atoms with Gasteiger partial charge in [0.15, 0.2) is 0 Å². The van der Waals surface area contributed by atoms with Gasteiger partial charge in [-0.05, 0) is 33.0 Å². The molecule has 1 aromatic carbocycles. The Morgan fingerprint density at radius 2 is 1.84 bits per heavy atom. The monoisotopic (exact) mass is 629 g/mol. The molecule has 0 unspecified atom stereocenters. The lowest BCUT2D eigenvalue weighted by atomic mass is 10.0. The number of likely N-dealkylation sites (tertiary alicyclic amines) is 1. The number of halogens is 2. The molecule has 3 aromatic rings. The minimum Gasteiger partial charge on any atom is -0.495 e. The van der Waals surface area contributed by atoms with Crippen LogP contribution in [0.4, 0.5) is 5.95 Å². The van der Waals surface area contributed by atoms with Gasteiger partial charge in [0.2, 0.25) is 5.95 Å². The van der Waals surface area contributed by atoms with E-state index in [9.17, 15) is 14.9 Å². The van der Waals surface area contributed by atoms with E-state index in [1.54, 1.807) is 43.4 Å². The Kier molecular flexibility index (Phi) is 9.82. The van der Waals surface area contributed by atoms with Gasteiger partial charge in [-0.25, -0.2) is 4.98 Å². The summed E-state index contributed by atoms with van der Waals surface area (Å²) in [6.45, 7) is 4.70. The Labute approximate surface area is 259 Å². The summed E-state index contributed by atoms with van der Waals surface area (Å²) in [5.74, 6) is 0.577. The van der Waals surface area contributed by atoms with Crippen molar-refractivity contribution >= 4 is 46.1 Å². The standard InChI is InChI=1S/C29H33Cl2N7O5/c1-29(2,34-4)11-17(12-32)26(39)37-14-18(15-37)43-8-7-38-25-16(13-35-28(33-3)36-25)9-19(27(38)40)22-23(30)20(41-5)10-21(42-6)24(22)31/h9-11,13,18,34H,7-8,14-15H2,1-6H3,(H,33,35,36)/b17-11-. The maximum atomic E-state index is 14.0. The Bertz CT molecular complexity index is 1650. The molecule has 12 nitrogen and oxygen atoms in total. The largest absolute Gasteiger partial charge is 0.495 e. The Morgan fingerprint density at radius 3 is 2.40 bits per heavy atom. The Hall–Kier alpha value is -3.89. The van der Waals surface area contributed by atoms with Crippen LogP contribution in [0.5, 0.6) is 11.5 Å². The molecule has 0 radical (unpaired) electrons. The third-order valence-electron chi connectivity index (χ3n) is 7.20. The van der Waals surface area contributed by atoms with Gasteiger partial charge in [0, 0.05) is 48.9 Å². The van der Waals surface area contributed by atoms with Crippen LogP contribution in [0.1, 0.15) is 13.8 Å². The smallest absolute Gasteiger partial charge is 0.264 e. The van der Waals surface area contributed by atoms with Crippen molar-refractivity contribution in [2.45, 2.75) is 32.0 Å². The highest BCUT2D eigenvalue weighted by molar-refractivity contribution is 6.41. The van der Waals surface area contributed by atoms with Crippen molar-refractivity contribution in [3.05, 3.63) is 50.4 Å². The fourth-order valence-electron chi connectivity index (χ4n) is 4.55. The molecule has 0 aliphatic carbocycles. The number of nitriles is 1. The zero-order valence-corrected chi connectivity index (χ0v) is 26.3. The predicted molar refractivity (Wildman–Crippen MR) is 165 cm³/mol. The molecule has 43 heavy (non-hydrogen) atoms. The number of carbonyl (C=O) groups excluding carboxylic acids is 1. The summed E-state index contributed by atoms with van der Waals surface area (Å²) in [7, 11) is 6.35. The lowest BCUT2D eigenvalue weighted by Crippen LogP contribution is -2.55. The molecule has 1 saturated heterocycles. The van der Waals surface area contributed by atoms with E-state index in [4.69, 9.17) is 37.4 Å². The highest BCUT2D eigenvalue weighted by Gasteiger charge is 2.34. The molecule has 0 atom stereocenters. The number of pyridine rings is 1. The summed E-state index contributed by atoms with van der Waals surface area (Å²) in [4.78, 5) is 37.1. The molecule has 0 bridgehead atoms. The van der Waals surface area contributed by atoms with E-state index in [1.165, 1.54) is 18.8 Å². The van der Waals surface area contributed by atoms with Gasteiger partial charge in [0.25, 0.3) is 11.5 Å². The lowest BCUT2D eigenvalue weighted by Gasteiger charge is -2.39. The van der Waals surface area contributed by atoms with E-state index < -0.39 is 11.1 Å². The zero-order valence-electron chi connectivity index (χ0n) is 24.7. The van der Waals surface area contributed by atoms with Crippen LogP contribution in [0.3, 0.4) is 0 Å². The van der Waals surface area contributed by atoms with Crippen molar-refractivity contribution in [2.75, 3.05) is 53.3 Å². The molecule has 228 valence electrons. The minimum absolute atomic E-state index is 0.0687. The molecule has 1 aliphatic heterocycles. The van der Waals surface area contributed by atoms with E-state index in [1.807, 2.05) is 19.9 Å². The van der Waals surface area contributed by atoms with Gasteiger partial charge < -0.3 is 29.7 Å². The maximum absolute atomic E-state index is 14.0. The first-order valence-corrected chi connectivity index (χ1v) is 14.2. The molecule has 2 aromatic heterocycles. The first-order chi connectivity index (χ1) is 20.5. The third kappa shape index (κ3) is 6.55. The predicted octanol–water partition coefficient (Wildman–Crippen LogP) is 3.50. The Morgan fingerprint density at radius 1 is 1.19 bits per heavy atom. The first-order valence-electron chi connectivity index (χ1n) is 13.4. The van der Waals surface area contributed by atoms with Gasteiger partial charge in [-0.15, -0.1) is 0 Å². The molecular formula is C29H33Cl2N7O5. The van der Waals surface area contributed by atoms with Gasteiger partial charge in [0.1, 0.15) is 28.8 Å². The average Bonchev–Trinajstić information content (AvgIpc) is 2.98. The second-order valence-electron chi connectivity index (χ2n) is 10.4. The zero-order chi connectivity index (χ0) is 31.5. The number of hydrogen-bond donors (Lipinski definition) is 2. The van der Waals surface area contributed by atoms with Crippen LogP contribution >= 0.6 is 23.2 Å². The van der Waals surface area contributed by atoms with Crippen molar-refractivity contribution in [2.24, 2.45) is 0 Å². The maximum Gasteiger partial charge on any atom is 0.264 e. The van der Waals surface area contributed by atoms with Gasteiger partial charge in [-0.3, -0.25) is 14.2 Å². The highest BCUT2D eigenvalue weighted by Crippen LogP contribution is 2.45. The summed E-state index contributed by atoms with van der Waals surface area (Å²) >= 11 is 13.3. The number of hydrogen-bond acceptors (Lipinski definition) is 10. The van der Waals surface area contributed by atoms with Crippen LogP contribution < -0.4 is 25.7 Å². The van der Waals surface area contributed by atoms with Crippen LogP contribution in [0.25, 0.3) is 22.2 Å². The number of benzene rings is 1. The van der Waals surface area contributed by atoms with E-state index in [0.717, 1.165) is 0 Å². The number of aromatic nitrogens is 3. The summed E-state index contributed by atoms with van der Waals surface area (Å²) in [5, 5.41) is 16.3. The molecule has 1 aliphatic rings. The molecule has 4 rings (SSSR count). The normalized spacial score (nSPS) is 13.9.